The molecular weight excluding hydrogens is 396 g/mol. The first-order valence-corrected chi connectivity index (χ1v) is 11.8. The van der Waals surface area contributed by atoms with Crippen molar-refractivity contribution in [3.05, 3.63) is 24.2 Å². The van der Waals surface area contributed by atoms with E-state index >= 15 is 0 Å². The van der Waals surface area contributed by atoms with Crippen LogP contribution in [0.3, 0.4) is 0 Å². The van der Waals surface area contributed by atoms with Crippen LogP contribution in [-0.2, 0) is 9.59 Å². The summed E-state index contributed by atoms with van der Waals surface area (Å²) < 4.78 is 5.24. The number of likely N-dealkylation sites (tertiary alicyclic amines) is 1. The van der Waals surface area contributed by atoms with E-state index in [2.05, 4.69) is 10.2 Å². The van der Waals surface area contributed by atoms with E-state index in [0.29, 0.717) is 25.4 Å². The number of nitrogens with one attached hydrogen (secondary N) is 1. The number of piperazine rings is 1. The summed E-state index contributed by atoms with van der Waals surface area (Å²) >= 11 is 0. The van der Waals surface area contributed by atoms with Crippen molar-refractivity contribution in [3.8, 4) is 0 Å². The van der Waals surface area contributed by atoms with Gasteiger partial charge >= 0.3 is 0 Å². The second-order valence-corrected chi connectivity index (χ2v) is 8.93. The van der Waals surface area contributed by atoms with Crippen LogP contribution in [0.25, 0.3) is 0 Å². The van der Waals surface area contributed by atoms with Gasteiger partial charge in [-0.15, -0.1) is 0 Å². The highest BCUT2D eigenvalue weighted by Crippen LogP contribution is 2.27. The number of hydrogen-bond donors (Lipinski definition) is 1. The summed E-state index contributed by atoms with van der Waals surface area (Å²) in [6, 6.07) is 2.89. The summed E-state index contributed by atoms with van der Waals surface area (Å²) in [6.07, 6.45) is 8.46. The van der Waals surface area contributed by atoms with Crippen LogP contribution >= 0.6 is 0 Å². The van der Waals surface area contributed by atoms with Crippen LogP contribution < -0.4 is 5.32 Å². The number of rotatable bonds is 6. The third-order valence-electron chi connectivity index (χ3n) is 6.91. The molecule has 1 N–H and O–H groups in total. The predicted molar refractivity (Wildman–Crippen MR) is 115 cm³/mol. The molecule has 31 heavy (non-hydrogen) atoms. The van der Waals surface area contributed by atoms with Gasteiger partial charge in [-0.3, -0.25) is 19.3 Å². The molecule has 3 heterocycles. The minimum atomic E-state index is -0.438. The van der Waals surface area contributed by atoms with Gasteiger partial charge in [-0.05, 0) is 44.2 Å². The zero-order chi connectivity index (χ0) is 21.6. The lowest BCUT2D eigenvalue weighted by molar-refractivity contribution is -0.137. The van der Waals surface area contributed by atoms with Crippen LogP contribution in [-0.4, -0.2) is 84.3 Å². The van der Waals surface area contributed by atoms with Crippen molar-refractivity contribution in [2.24, 2.45) is 5.92 Å². The predicted octanol–water partition coefficient (Wildman–Crippen LogP) is 1.72. The van der Waals surface area contributed by atoms with Crippen molar-refractivity contribution in [1.82, 2.24) is 20.0 Å². The molecule has 8 heteroatoms. The van der Waals surface area contributed by atoms with E-state index in [1.54, 1.807) is 17.0 Å². The normalized spacial score (nSPS) is 23.2. The van der Waals surface area contributed by atoms with Gasteiger partial charge in [0.05, 0.1) is 6.26 Å². The fraction of sp³-hybridized carbons (Fsp3) is 0.696. The Hall–Kier alpha value is -2.35. The standard InChI is InChI=1S/C23H34N4O4/c28-21(19-8-3-4-11-27(19)23(30)20-9-5-17-31-20)24-10-12-25-13-15-26(16-14-25)22(29)18-6-1-2-7-18/h5,9,17-19H,1-4,6-8,10-16H2,(H,24,28). The van der Waals surface area contributed by atoms with E-state index in [0.717, 1.165) is 58.4 Å². The molecule has 0 radical (unpaired) electrons. The number of piperidine rings is 1. The second-order valence-electron chi connectivity index (χ2n) is 8.93. The summed E-state index contributed by atoms with van der Waals surface area (Å²) in [6.45, 7) is 5.13. The Bertz CT molecular complexity index is 752. The fourth-order valence-electron chi connectivity index (χ4n) is 5.07. The highest BCUT2D eigenvalue weighted by atomic mass is 16.3. The highest BCUT2D eigenvalue weighted by molar-refractivity contribution is 5.95. The highest BCUT2D eigenvalue weighted by Gasteiger charge is 2.34. The Morgan fingerprint density at radius 1 is 0.968 bits per heavy atom. The SMILES string of the molecule is O=C(NCCN1CCN(C(=O)C2CCCC2)CC1)C1CCCCN1C(=O)c1ccco1. The van der Waals surface area contributed by atoms with Gasteiger partial charge in [0.15, 0.2) is 5.76 Å². The van der Waals surface area contributed by atoms with Crippen LogP contribution in [0.2, 0.25) is 0 Å². The van der Waals surface area contributed by atoms with E-state index in [1.807, 2.05) is 4.90 Å². The lowest BCUT2D eigenvalue weighted by Crippen LogP contribution is -2.54. The van der Waals surface area contributed by atoms with Gasteiger partial charge in [-0.25, -0.2) is 0 Å². The maximum Gasteiger partial charge on any atom is 0.290 e. The molecule has 1 unspecified atom stereocenters. The van der Waals surface area contributed by atoms with Crippen LogP contribution in [0.5, 0.6) is 0 Å². The van der Waals surface area contributed by atoms with Crippen molar-refractivity contribution in [3.63, 3.8) is 0 Å². The molecule has 3 fully saturated rings. The molecule has 1 aliphatic carbocycles. The molecule has 0 aromatic carbocycles. The maximum atomic E-state index is 12.8. The van der Waals surface area contributed by atoms with E-state index in [4.69, 9.17) is 4.42 Å². The van der Waals surface area contributed by atoms with Crippen LogP contribution in [0, 0.1) is 5.92 Å². The Morgan fingerprint density at radius 3 is 2.42 bits per heavy atom. The minimum absolute atomic E-state index is 0.0883. The van der Waals surface area contributed by atoms with Gasteiger partial charge in [-0.2, -0.15) is 0 Å². The van der Waals surface area contributed by atoms with E-state index in [-0.39, 0.29) is 23.5 Å². The quantitative estimate of drug-likeness (QED) is 0.743. The molecule has 1 aromatic heterocycles. The van der Waals surface area contributed by atoms with Gasteiger partial charge in [0.1, 0.15) is 6.04 Å². The molecular formula is C23H34N4O4. The molecule has 1 saturated carbocycles. The smallest absolute Gasteiger partial charge is 0.290 e. The van der Waals surface area contributed by atoms with Crippen molar-refractivity contribution < 1.29 is 18.8 Å². The summed E-state index contributed by atoms with van der Waals surface area (Å²) in [5, 5.41) is 3.02. The largest absolute Gasteiger partial charge is 0.459 e. The first-order chi connectivity index (χ1) is 15.1. The molecule has 8 nitrogen and oxygen atoms in total. The molecule has 0 spiro atoms. The average molecular weight is 431 g/mol. The van der Waals surface area contributed by atoms with Crippen molar-refractivity contribution in [2.45, 2.75) is 51.0 Å². The molecule has 1 atom stereocenters. The van der Waals surface area contributed by atoms with Gasteiger partial charge in [-0.1, -0.05) is 12.8 Å². The van der Waals surface area contributed by atoms with E-state index < -0.39 is 6.04 Å². The monoisotopic (exact) mass is 430 g/mol. The van der Waals surface area contributed by atoms with Crippen molar-refractivity contribution in [1.29, 1.82) is 0 Å². The average Bonchev–Trinajstić information content (AvgIpc) is 3.53. The van der Waals surface area contributed by atoms with E-state index in [9.17, 15) is 14.4 Å². The molecule has 3 amide bonds. The summed E-state index contributed by atoms with van der Waals surface area (Å²) in [4.78, 5) is 44.0. The Kier molecular flexibility index (Phi) is 7.27. The number of hydrogen-bond acceptors (Lipinski definition) is 5. The summed E-state index contributed by atoms with van der Waals surface area (Å²) in [5.74, 6) is 0.560. The van der Waals surface area contributed by atoms with Gasteiger partial charge in [0.25, 0.3) is 5.91 Å². The topological polar surface area (TPSA) is 86.1 Å². The molecule has 3 aliphatic rings. The fourth-order valence-corrected chi connectivity index (χ4v) is 5.07. The third kappa shape index (κ3) is 5.29. The Labute approximate surface area is 183 Å². The number of amides is 3. The zero-order valence-corrected chi connectivity index (χ0v) is 18.3. The van der Waals surface area contributed by atoms with Crippen LogP contribution in [0.4, 0.5) is 0 Å². The number of carbonyl (C=O) groups is 3. The number of nitrogens with zero attached hydrogens (tertiary/aromatic N) is 3. The second kappa shape index (κ2) is 10.3. The molecule has 2 saturated heterocycles. The summed E-state index contributed by atoms with van der Waals surface area (Å²) in [5.41, 5.74) is 0. The van der Waals surface area contributed by atoms with Gasteiger partial charge in [0.2, 0.25) is 11.8 Å². The Balaban J connectivity index is 1.20. The summed E-state index contributed by atoms with van der Waals surface area (Å²) in [7, 11) is 0. The zero-order valence-electron chi connectivity index (χ0n) is 18.3. The molecule has 1 aromatic rings. The lowest BCUT2D eigenvalue weighted by Gasteiger charge is -2.36. The molecule has 170 valence electrons. The molecule has 2 aliphatic heterocycles. The minimum Gasteiger partial charge on any atom is -0.459 e. The van der Waals surface area contributed by atoms with E-state index in [1.165, 1.54) is 19.1 Å². The first kappa shape index (κ1) is 21.9. The number of furan rings is 1. The van der Waals surface area contributed by atoms with Gasteiger partial charge < -0.3 is 19.5 Å². The van der Waals surface area contributed by atoms with Crippen molar-refractivity contribution in [2.75, 3.05) is 45.8 Å². The van der Waals surface area contributed by atoms with Crippen molar-refractivity contribution >= 4 is 17.7 Å². The molecule has 0 bridgehead atoms. The molecule has 4 rings (SSSR count). The van der Waals surface area contributed by atoms with Crippen LogP contribution in [0.15, 0.2) is 22.8 Å². The third-order valence-corrected chi connectivity index (χ3v) is 6.91. The van der Waals surface area contributed by atoms with Crippen LogP contribution in [0.1, 0.15) is 55.5 Å². The maximum absolute atomic E-state index is 12.8. The lowest BCUT2D eigenvalue weighted by atomic mass is 10.0. The Morgan fingerprint density at radius 2 is 1.71 bits per heavy atom. The van der Waals surface area contributed by atoms with Gasteiger partial charge in [0, 0.05) is 51.7 Å². The first-order valence-electron chi connectivity index (χ1n) is 11.8. The number of carbonyl (C=O) groups excluding carboxylic acids is 3.